The van der Waals surface area contributed by atoms with Gasteiger partial charge >= 0.3 is 0 Å². The quantitative estimate of drug-likeness (QED) is 0.643. The second-order valence-electron chi connectivity index (χ2n) is 6.19. The van der Waals surface area contributed by atoms with Crippen molar-refractivity contribution in [1.29, 1.82) is 0 Å². The van der Waals surface area contributed by atoms with Gasteiger partial charge in [-0.15, -0.1) is 0 Å². The lowest BCUT2D eigenvalue weighted by molar-refractivity contribution is -0.117. The molecule has 2 aromatic carbocycles. The van der Waals surface area contributed by atoms with Gasteiger partial charge in [-0.05, 0) is 45.0 Å². The zero-order valence-electron chi connectivity index (χ0n) is 16.1. The number of thiazole rings is 1. The normalized spacial score (nSPS) is 11.8. The highest BCUT2D eigenvalue weighted by molar-refractivity contribution is 7.16. The maximum Gasteiger partial charge on any atom is 0.252 e. The minimum atomic E-state index is -0.183. The van der Waals surface area contributed by atoms with Crippen LogP contribution < -0.4 is 14.3 Å². The lowest BCUT2D eigenvalue weighted by Gasteiger charge is -2.07. The van der Waals surface area contributed by atoms with E-state index in [0.29, 0.717) is 17.2 Å². The van der Waals surface area contributed by atoms with Gasteiger partial charge in [-0.2, -0.15) is 4.99 Å². The van der Waals surface area contributed by atoms with Crippen molar-refractivity contribution < 1.29 is 14.3 Å². The first-order valence-corrected chi connectivity index (χ1v) is 9.84. The number of hydrogen-bond acceptors (Lipinski definition) is 4. The molecule has 27 heavy (non-hydrogen) atoms. The molecule has 0 atom stereocenters. The van der Waals surface area contributed by atoms with Crippen molar-refractivity contribution in [3.05, 3.63) is 52.3 Å². The van der Waals surface area contributed by atoms with Crippen LogP contribution in [-0.4, -0.2) is 24.2 Å². The molecule has 5 nitrogen and oxygen atoms in total. The summed E-state index contributed by atoms with van der Waals surface area (Å²) < 4.78 is 14.1. The van der Waals surface area contributed by atoms with Crippen LogP contribution in [0.4, 0.5) is 0 Å². The summed E-state index contributed by atoms with van der Waals surface area (Å²) in [6, 6.07) is 11.8. The van der Waals surface area contributed by atoms with Crippen LogP contribution in [0.2, 0.25) is 0 Å². The molecule has 0 saturated carbocycles. The molecule has 0 bridgehead atoms. The summed E-state index contributed by atoms with van der Waals surface area (Å²) in [5.41, 5.74) is 3.01. The zero-order valence-corrected chi connectivity index (χ0v) is 16.9. The summed E-state index contributed by atoms with van der Waals surface area (Å²) in [5, 5.41) is 0. The highest BCUT2D eigenvalue weighted by Gasteiger charge is 2.11. The Morgan fingerprint density at radius 3 is 2.70 bits per heavy atom. The molecule has 0 aliphatic carbocycles. The Morgan fingerprint density at radius 1 is 1.19 bits per heavy atom. The first-order chi connectivity index (χ1) is 13.0. The highest BCUT2D eigenvalue weighted by atomic mass is 32.1. The van der Waals surface area contributed by atoms with Crippen LogP contribution in [0.3, 0.4) is 0 Å². The fourth-order valence-electron chi connectivity index (χ4n) is 3.06. The Labute approximate surface area is 162 Å². The lowest BCUT2D eigenvalue weighted by atomic mass is 10.1. The van der Waals surface area contributed by atoms with Crippen molar-refractivity contribution in [2.24, 2.45) is 4.99 Å². The number of rotatable bonds is 6. The van der Waals surface area contributed by atoms with Gasteiger partial charge in [0.1, 0.15) is 11.5 Å². The molecule has 3 aromatic rings. The number of carbonyl (C=O) groups excluding carboxylic acids is 1. The van der Waals surface area contributed by atoms with Gasteiger partial charge in [-0.3, -0.25) is 4.79 Å². The number of hydrogen-bond donors (Lipinski definition) is 0. The van der Waals surface area contributed by atoms with Crippen LogP contribution in [0, 0.1) is 6.92 Å². The second-order valence-corrected chi connectivity index (χ2v) is 7.20. The Morgan fingerprint density at radius 2 is 2.00 bits per heavy atom. The topological polar surface area (TPSA) is 52.8 Å². The fourth-order valence-corrected chi connectivity index (χ4v) is 4.20. The Hall–Kier alpha value is -2.60. The van der Waals surface area contributed by atoms with Crippen molar-refractivity contribution in [2.75, 3.05) is 13.7 Å². The number of carbonyl (C=O) groups is 1. The number of ether oxygens (including phenoxy) is 2. The summed E-state index contributed by atoms with van der Waals surface area (Å²) >= 11 is 1.50. The first-order valence-electron chi connectivity index (χ1n) is 9.03. The van der Waals surface area contributed by atoms with Gasteiger partial charge in [0.15, 0.2) is 4.80 Å². The molecular weight excluding hydrogens is 360 g/mol. The largest absolute Gasteiger partial charge is 0.496 e. The van der Waals surface area contributed by atoms with Gasteiger partial charge in [0, 0.05) is 12.1 Å². The van der Waals surface area contributed by atoms with Crippen LogP contribution in [-0.2, 0) is 17.8 Å². The van der Waals surface area contributed by atoms with Crippen LogP contribution >= 0.6 is 11.3 Å². The molecule has 0 aliphatic rings. The van der Waals surface area contributed by atoms with Crippen LogP contribution in [0.1, 0.15) is 25.0 Å². The number of fused-ring (bicyclic) bond motifs is 1. The Balaban J connectivity index is 1.97. The molecule has 1 aromatic heterocycles. The maximum absolute atomic E-state index is 12.6. The summed E-state index contributed by atoms with van der Waals surface area (Å²) in [6.45, 7) is 7.38. The number of aryl methyl sites for hydroxylation is 2. The van der Waals surface area contributed by atoms with Crippen LogP contribution in [0.25, 0.3) is 10.2 Å². The van der Waals surface area contributed by atoms with Gasteiger partial charge in [0.2, 0.25) is 0 Å². The third kappa shape index (κ3) is 4.22. The van der Waals surface area contributed by atoms with E-state index in [1.54, 1.807) is 7.11 Å². The van der Waals surface area contributed by atoms with Crippen LogP contribution in [0.15, 0.2) is 41.4 Å². The maximum atomic E-state index is 12.6. The molecule has 0 N–H and O–H groups in total. The van der Waals surface area contributed by atoms with Gasteiger partial charge in [-0.1, -0.05) is 29.0 Å². The smallest absolute Gasteiger partial charge is 0.252 e. The third-order valence-electron chi connectivity index (χ3n) is 4.28. The second kappa shape index (κ2) is 8.39. The van der Waals surface area contributed by atoms with Crippen molar-refractivity contribution in [3.8, 4) is 11.5 Å². The molecule has 142 valence electrons. The van der Waals surface area contributed by atoms with E-state index in [1.165, 1.54) is 11.3 Å². The monoisotopic (exact) mass is 384 g/mol. The number of nitrogens with zero attached hydrogens (tertiary/aromatic N) is 2. The minimum Gasteiger partial charge on any atom is -0.496 e. The Kier molecular flexibility index (Phi) is 5.96. The van der Waals surface area contributed by atoms with Crippen molar-refractivity contribution >= 4 is 27.5 Å². The van der Waals surface area contributed by atoms with Gasteiger partial charge < -0.3 is 14.0 Å². The first kappa shape index (κ1) is 19.2. The number of methoxy groups -OCH3 is 1. The Bertz CT molecular complexity index is 1030. The molecule has 3 rings (SSSR count). The average Bonchev–Trinajstić information content (AvgIpc) is 2.98. The summed E-state index contributed by atoms with van der Waals surface area (Å²) in [4.78, 5) is 17.7. The van der Waals surface area contributed by atoms with E-state index in [9.17, 15) is 4.79 Å². The van der Waals surface area contributed by atoms with Gasteiger partial charge in [0.05, 0.1) is 30.4 Å². The molecule has 0 radical (unpaired) electrons. The molecule has 0 saturated heterocycles. The van der Waals surface area contributed by atoms with E-state index in [4.69, 9.17) is 9.47 Å². The summed E-state index contributed by atoms with van der Waals surface area (Å²) in [5.74, 6) is 1.36. The molecule has 6 heteroatoms. The molecule has 0 fully saturated rings. The lowest BCUT2D eigenvalue weighted by Crippen LogP contribution is -2.16. The van der Waals surface area contributed by atoms with Crippen LogP contribution in [0.5, 0.6) is 11.5 Å². The number of aromatic nitrogens is 1. The zero-order chi connectivity index (χ0) is 19.4. The number of benzene rings is 2. The van der Waals surface area contributed by atoms with Crippen molar-refractivity contribution in [1.82, 2.24) is 4.57 Å². The van der Waals surface area contributed by atoms with Crippen molar-refractivity contribution in [3.63, 3.8) is 0 Å². The van der Waals surface area contributed by atoms with E-state index >= 15 is 0 Å². The van der Waals surface area contributed by atoms with Crippen molar-refractivity contribution in [2.45, 2.75) is 33.7 Å². The van der Waals surface area contributed by atoms with Gasteiger partial charge in [-0.25, -0.2) is 0 Å². The minimum absolute atomic E-state index is 0.183. The van der Waals surface area contributed by atoms with E-state index in [2.05, 4.69) is 16.5 Å². The number of amides is 1. The van der Waals surface area contributed by atoms with E-state index in [-0.39, 0.29) is 12.3 Å². The van der Waals surface area contributed by atoms with E-state index in [1.807, 2.05) is 50.2 Å². The third-order valence-corrected chi connectivity index (χ3v) is 5.32. The average molecular weight is 385 g/mol. The van der Waals surface area contributed by atoms with Gasteiger partial charge in [0.25, 0.3) is 5.91 Å². The highest BCUT2D eigenvalue weighted by Crippen LogP contribution is 2.24. The predicted octanol–water partition coefficient (Wildman–Crippen LogP) is 4.11. The molecule has 1 amide bonds. The molecule has 0 spiro atoms. The fraction of sp³-hybridized carbons (Fsp3) is 0.333. The predicted molar refractivity (Wildman–Crippen MR) is 109 cm³/mol. The molecular formula is C21H24N2O3S. The standard InChI is InChI=1S/C21H24N2O3S/c1-5-23-17-9-8-16(26-6-2)13-19(17)27-21(23)22-20(24)12-15-11-14(3)7-10-18(15)25-4/h7-11,13H,5-6,12H2,1-4H3. The molecule has 1 heterocycles. The summed E-state index contributed by atoms with van der Waals surface area (Å²) in [7, 11) is 1.61. The van der Waals surface area contributed by atoms with E-state index in [0.717, 1.165) is 33.6 Å². The molecule has 0 unspecified atom stereocenters. The SMILES string of the molecule is CCOc1ccc2c(c1)sc(=NC(=O)Cc1cc(C)ccc1OC)n2CC. The summed E-state index contributed by atoms with van der Waals surface area (Å²) in [6.07, 6.45) is 0.215. The molecule has 0 aliphatic heterocycles. The van der Waals surface area contributed by atoms with E-state index < -0.39 is 0 Å².